The number of pyridine rings is 1. The minimum absolute atomic E-state index is 0.499. The fourth-order valence-electron chi connectivity index (χ4n) is 4.67. The quantitative estimate of drug-likeness (QED) is 0.347. The maximum atomic E-state index is 4.99. The molecule has 1 fully saturated rings. The summed E-state index contributed by atoms with van der Waals surface area (Å²) in [6.45, 7) is 3.81. The Balaban J connectivity index is 1.20. The lowest BCUT2D eigenvalue weighted by Crippen LogP contribution is -2.47. The van der Waals surface area contributed by atoms with E-state index in [1.807, 2.05) is 53.5 Å². The van der Waals surface area contributed by atoms with Crippen molar-refractivity contribution >= 4 is 51.1 Å². The molecule has 6 heterocycles. The van der Waals surface area contributed by atoms with Gasteiger partial charge in [-0.1, -0.05) is 18.2 Å². The van der Waals surface area contributed by atoms with E-state index < -0.39 is 0 Å². The van der Waals surface area contributed by atoms with Gasteiger partial charge in [0, 0.05) is 37.8 Å². The van der Waals surface area contributed by atoms with Crippen molar-refractivity contribution in [3.63, 3.8) is 0 Å². The summed E-state index contributed by atoms with van der Waals surface area (Å²) in [5.74, 6) is 3.23. The SMILES string of the molecule is c1ccc(N2CCN(c3nc(NCc4nc5ccccc5[nH]4)c4ncn(-c5ccsc5)c4n3)CC2)nc1. The molecule has 1 aromatic carbocycles. The number of piperazine rings is 1. The van der Waals surface area contributed by atoms with Crippen molar-refractivity contribution in [1.29, 1.82) is 0 Å². The van der Waals surface area contributed by atoms with E-state index in [0.717, 1.165) is 65.7 Å². The highest BCUT2D eigenvalue weighted by molar-refractivity contribution is 7.08. The zero-order valence-electron chi connectivity index (χ0n) is 19.9. The minimum atomic E-state index is 0.499. The molecule has 37 heavy (non-hydrogen) atoms. The van der Waals surface area contributed by atoms with Crippen LogP contribution < -0.4 is 15.1 Å². The van der Waals surface area contributed by atoms with Crippen LogP contribution in [0.5, 0.6) is 0 Å². The summed E-state index contributed by atoms with van der Waals surface area (Å²) < 4.78 is 2.02. The molecule has 0 amide bonds. The molecular formula is C26H24N10S. The van der Waals surface area contributed by atoms with E-state index in [4.69, 9.17) is 15.0 Å². The highest BCUT2D eigenvalue weighted by Gasteiger charge is 2.23. The predicted molar refractivity (Wildman–Crippen MR) is 147 cm³/mol. The average molecular weight is 509 g/mol. The van der Waals surface area contributed by atoms with Gasteiger partial charge in [0.2, 0.25) is 5.95 Å². The van der Waals surface area contributed by atoms with Gasteiger partial charge in [0.25, 0.3) is 0 Å². The summed E-state index contributed by atoms with van der Waals surface area (Å²) in [5, 5.41) is 7.62. The number of hydrogen-bond donors (Lipinski definition) is 2. The minimum Gasteiger partial charge on any atom is -0.361 e. The molecule has 1 saturated heterocycles. The molecule has 5 aromatic heterocycles. The van der Waals surface area contributed by atoms with Crippen LogP contribution in [0, 0.1) is 0 Å². The van der Waals surface area contributed by atoms with Crippen LogP contribution in [0.25, 0.3) is 27.9 Å². The van der Waals surface area contributed by atoms with Crippen molar-refractivity contribution in [3.8, 4) is 5.69 Å². The van der Waals surface area contributed by atoms with Crippen molar-refractivity contribution in [2.24, 2.45) is 0 Å². The first kappa shape index (κ1) is 21.7. The van der Waals surface area contributed by atoms with Gasteiger partial charge < -0.3 is 20.1 Å². The lowest BCUT2D eigenvalue weighted by molar-refractivity contribution is 0.635. The van der Waals surface area contributed by atoms with E-state index in [9.17, 15) is 0 Å². The lowest BCUT2D eigenvalue weighted by atomic mass is 10.3. The number of imidazole rings is 2. The predicted octanol–water partition coefficient (Wildman–Crippen LogP) is 4.09. The second kappa shape index (κ2) is 9.17. The van der Waals surface area contributed by atoms with Gasteiger partial charge in [-0.05, 0) is 35.7 Å². The molecule has 0 spiro atoms. The number of aromatic nitrogens is 7. The Hall–Kier alpha value is -4.51. The van der Waals surface area contributed by atoms with Gasteiger partial charge in [-0.2, -0.15) is 21.3 Å². The number of aromatic amines is 1. The first-order chi connectivity index (χ1) is 18.3. The number of nitrogens with one attached hydrogen (secondary N) is 2. The normalized spacial score (nSPS) is 14.1. The number of thiophene rings is 1. The smallest absolute Gasteiger partial charge is 0.229 e. The van der Waals surface area contributed by atoms with Crippen LogP contribution in [-0.2, 0) is 6.54 Å². The fraction of sp³-hybridized carbons (Fsp3) is 0.192. The fourth-order valence-corrected chi connectivity index (χ4v) is 5.30. The van der Waals surface area contributed by atoms with E-state index in [0.29, 0.717) is 18.3 Å². The van der Waals surface area contributed by atoms with E-state index in [1.165, 1.54) is 0 Å². The molecule has 1 aliphatic heterocycles. The number of fused-ring (bicyclic) bond motifs is 2. The zero-order valence-corrected chi connectivity index (χ0v) is 20.8. The first-order valence-corrected chi connectivity index (χ1v) is 13.1. The van der Waals surface area contributed by atoms with Gasteiger partial charge >= 0.3 is 0 Å². The molecule has 2 N–H and O–H groups in total. The average Bonchev–Trinajstić information content (AvgIpc) is 3.71. The molecule has 7 rings (SSSR count). The third-order valence-corrected chi connectivity index (χ3v) is 7.24. The summed E-state index contributed by atoms with van der Waals surface area (Å²) in [7, 11) is 0. The van der Waals surface area contributed by atoms with Crippen molar-refractivity contribution < 1.29 is 0 Å². The number of nitrogens with zero attached hydrogens (tertiary/aromatic N) is 8. The van der Waals surface area contributed by atoms with Crippen LogP contribution in [0.2, 0.25) is 0 Å². The van der Waals surface area contributed by atoms with Crippen LogP contribution in [0.3, 0.4) is 0 Å². The Bertz CT molecular complexity index is 1620. The summed E-state index contributed by atoms with van der Waals surface area (Å²) >= 11 is 1.65. The number of H-pyrrole nitrogens is 1. The van der Waals surface area contributed by atoms with E-state index in [1.54, 1.807) is 11.3 Å². The Kier molecular flexibility index (Phi) is 5.39. The van der Waals surface area contributed by atoms with E-state index in [-0.39, 0.29) is 0 Å². The van der Waals surface area contributed by atoms with Crippen molar-refractivity contribution in [3.05, 3.63) is 77.6 Å². The third kappa shape index (κ3) is 4.12. The molecule has 0 radical (unpaired) electrons. The van der Waals surface area contributed by atoms with E-state index in [2.05, 4.69) is 53.0 Å². The molecule has 0 aliphatic carbocycles. The second-order valence-corrected chi connectivity index (χ2v) is 9.64. The first-order valence-electron chi connectivity index (χ1n) is 12.2. The molecule has 0 bridgehead atoms. The van der Waals surface area contributed by atoms with Gasteiger partial charge in [0.05, 0.1) is 23.3 Å². The molecule has 184 valence electrons. The van der Waals surface area contributed by atoms with Crippen LogP contribution in [0.15, 0.2) is 71.8 Å². The molecule has 0 atom stereocenters. The maximum absolute atomic E-state index is 4.99. The van der Waals surface area contributed by atoms with Gasteiger partial charge in [0.1, 0.15) is 18.0 Å². The Morgan fingerprint density at radius 2 is 1.76 bits per heavy atom. The number of rotatable bonds is 6. The topological polar surface area (TPSA) is 104 Å². The van der Waals surface area contributed by atoms with Crippen molar-refractivity contribution in [1.82, 2.24) is 34.5 Å². The van der Waals surface area contributed by atoms with Gasteiger partial charge in [-0.15, -0.1) is 0 Å². The number of hydrogen-bond acceptors (Lipinski definition) is 9. The second-order valence-electron chi connectivity index (χ2n) is 8.86. The molecule has 11 heteroatoms. The summed E-state index contributed by atoms with van der Waals surface area (Å²) in [4.78, 5) is 31.7. The van der Waals surface area contributed by atoms with Gasteiger partial charge in [-0.25, -0.2) is 15.0 Å². The Morgan fingerprint density at radius 3 is 2.57 bits per heavy atom. The molecule has 1 aliphatic rings. The van der Waals surface area contributed by atoms with Crippen LogP contribution >= 0.6 is 11.3 Å². The van der Waals surface area contributed by atoms with E-state index >= 15 is 0 Å². The third-order valence-electron chi connectivity index (χ3n) is 6.57. The highest BCUT2D eigenvalue weighted by atomic mass is 32.1. The molecule has 10 nitrogen and oxygen atoms in total. The Labute approximate surface area is 216 Å². The largest absolute Gasteiger partial charge is 0.361 e. The lowest BCUT2D eigenvalue weighted by Gasteiger charge is -2.35. The standard InChI is InChI=1S/C26H24N10S/c1-2-6-20-19(5-1)30-21(31-20)15-28-24-23-25(36(17-29-23)18-8-14-37-16-18)33-26(32-24)35-12-10-34(11-13-35)22-7-3-4-9-27-22/h1-9,14,16-17H,10-13,15H2,(H,30,31)(H,28,32,33). The zero-order chi connectivity index (χ0) is 24.6. The maximum Gasteiger partial charge on any atom is 0.229 e. The van der Waals surface area contributed by atoms with Crippen LogP contribution in [-0.4, -0.2) is 60.6 Å². The highest BCUT2D eigenvalue weighted by Crippen LogP contribution is 2.27. The Morgan fingerprint density at radius 1 is 0.892 bits per heavy atom. The van der Waals surface area contributed by atoms with Gasteiger partial charge in [-0.3, -0.25) is 4.57 Å². The van der Waals surface area contributed by atoms with Crippen molar-refractivity contribution in [2.45, 2.75) is 6.54 Å². The molecule has 6 aromatic rings. The van der Waals surface area contributed by atoms with Gasteiger partial charge in [0.15, 0.2) is 17.0 Å². The summed E-state index contributed by atoms with van der Waals surface area (Å²) in [6.07, 6.45) is 3.65. The monoisotopic (exact) mass is 508 g/mol. The molecule has 0 unspecified atom stereocenters. The summed E-state index contributed by atoms with van der Waals surface area (Å²) in [6, 6.07) is 16.1. The summed E-state index contributed by atoms with van der Waals surface area (Å²) in [5.41, 5.74) is 4.52. The van der Waals surface area contributed by atoms with Crippen LogP contribution in [0.4, 0.5) is 17.6 Å². The number of para-hydroxylation sites is 2. The van der Waals surface area contributed by atoms with Crippen molar-refractivity contribution in [2.75, 3.05) is 41.3 Å². The molecular weight excluding hydrogens is 484 g/mol. The van der Waals surface area contributed by atoms with Crippen LogP contribution in [0.1, 0.15) is 5.82 Å². The number of anilines is 3. The molecule has 0 saturated carbocycles. The number of benzene rings is 1.